The third-order valence-electron chi connectivity index (χ3n) is 5.29. The van der Waals surface area contributed by atoms with Crippen LogP contribution in [0.3, 0.4) is 0 Å². The molecule has 4 nitrogen and oxygen atoms in total. The summed E-state index contributed by atoms with van der Waals surface area (Å²) in [5.74, 6) is 0.669. The fourth-order valence-corrected chi connectivity index (χ4v) is 2.88. The van der Waals surface area contributed by atoms with Gasteiger partial charge in [-0.1, -0.05) is 12.1 Å². The maximum atomic E-state index is 6.15. The van der Waals surface area contributed by atoms with Gasteiger partial charge < -0.3 is 13.9 Å². The van der Waals surface area contributed by atoms with Gasteiger partial charge in [-0.05, 0) is 58.1 Å². The molecule has 2 aliphatic rings. The van der Waals surface area contributed by atoms with E-state index < -0.39 is 0 Å². The van der Waals surface area contributed by atoms with Crippen LogP contribution in [0.5, 0.6) is 0 Å². The van der Waals surface area contributed by atoms with Crippen molar-refractivity contribution in [3.05, 3.63) is 42.5 Å². The van der Waals surface area contributed by atoms with E-state index in [-0.39, 0.29) is 18.3 Å². The maximum absolute atomic E-state index is 6.15. The van der Waals surface area contributed by atoms with Crippen LogP contribution in [0, 0.1) is 0 Å². The Hall–Kier alpha value is -1.59. The Balaban J connectivity index is 1.61. The minimum Gasteiger partial charge on any atom is -0.399 e. The van der Waals surface area contributed by atoms with Crippen LogP contribution in [0.2, 0.25) is 0 Å². The molecule has 1 saturated carbocycles. The molecule has 0 spiro atoms. The van der Waals surface area contributed by atoms with Crippen LogP contribution in [-0.2, 0) is 9.31 Å². The van der Waals surface area contributed by atoms with Gasteiger partial charge >= 0.3 is 7.12 Å². The molecule has 5 heteroatoms. The fourth-order valence-electron chi connectivity index (χ4n) is 2.88. The third-order valence-corrected chi connectivity index (χ3v) is 5.29. The summed E-state index contributed by atoms with van der Waals surface area (Å²) in [5.41, 5.74) is 2.70. The summed E-state index contributed by atoms with van der Waals surface area (Å²) in [4.78, 5) is 4.53. The normalized spacial score (nSPS) is 22.5. The molecule has 0 radical (unpaired) electrons. The zero-order valence-corrected chi connectivity index (χ0v) is 14.2. The van der Waals surface area contributed by atoms with Gasteiger partial charge in [0.1, 0.15) is 0 Å². The van der Waals surface area contributed by atoms with Crippen molar-refractivity contribution in [2.45, 2.75) is 57.7 Å². The zero-order chi connectivity index (χ0) is 16.2. The van der Waals surface area contributed by atoms with Gasteiger partial charge in [-0.15, -0.1) is 0 Å². The van der Waals surface area contributed by atoms with Crippen molar-refractivity contribution in [1.82, 2.24) is 9.55 Å². The molecule has 0 N–H and O–H groups in total. The lowest BCUT2D eigenvalue weighted by molar-refractivity contribution is 0.00578. The van der Waals surface area contributed by atoms with E-state index in [1.54, 1.807) is 0 Å². The van der Waals surface area contributed by atoms with Crippen LogP contribution in [0.15, 0.2) is 36.8 Å². The standard InChI is InChI=1S/C18H23BN2O2/c1-17(2)18(3,4)23-19(22-17)14-6-5-7-15(10-14)21-11-16(20-12-21)13-8-9-13/h5-7,10-13H,8-9H2,1-4H3. The molecule has 23 heavy (non-hydrogen) atoms. The van der Waals surface area contributed by atoms with Crippen LogP contribution in [0.4, 0.5) is 0 Å². The van der Waals surface area contributed by atoms with E-state index in [0.29, 0.717) is 5.92 Å². The first-order chi connectivity index (χ1) is 10.9. The molecule has 0 bridgehead atoms. The summed E-state index contributed by atoms with van der Waals surface area (Å²) in [6.07, 6.45) is 6.58. The van der Waals surface area contributed by atoms with E-state index >= 15 is 0 Å². The Morgan fingerprint density at radius 1 is 1.13 bits per heavy atom. The van der Waals surface area contributed by atoms with Crippen molar-refractivity contribution in [2.75, 3.05) is 0 Å². The highest BCUT2D eigenvalue weighted by molar-refractivity contribution is 6.62. The Labute approximate surface area is 138 Å². The molecule has 120 valence electrons. The molecular weight excluding hydrogens is 287 g/mol. The summed E-state index contributed by atoms with van der Waals surface area (Å²) in [5, 5.41) is 0. The van der Waals surface area contributed by atoms with E-state index in [2.05, 4.69) is 61.6 Å². The minimum atomic E-state index is -0.327. The van der Waals surface area contributed by atoms with Crippen molar-refractivity contribution in [3.8, 4) is 5.69 Å². The molecule has 1 aromatic carbocycles. The molecule has 2 fully saturated rings. The number of imidazole rings is 1. The van der Waals surface area contributed by atoms with E-state index in [1.807, 2.05) is 12.4 Å². The van der Waals surface area contributed by atoms with Gasteiger partial charge in [-0.3, -0.25) is 0 Å². The molecule has 2 heterocycles. The van der Waals surface area contributed by atoms with Crippen molar-refractivity contribution in [2.24, 2.45) is 0 Å². The number of hydrogen-bond acceptors (Lipinski definition) is 3. The van der Waals surface area contributed by atoms with E-state index in [0.717, 1.165) is 11.2 Å². The van der Waals surface area contributed by atoms with Crippen molar-refractivity contribution >= 4 is 12.6 Å². The Bertz CT molecular complexity index is 718. The molecule has 1 aliphatic heterocycles. The van der Waals surface area contributed by atoms with E-state index in [9.17, 15) is 0 Å². The first kappa shape index (κ1) is 15.0. The number of benzene rings is 1. The molecule has 1 aliphatic carbocycles. The average Bonchev–Trinajstić information content (AvgIpc) is 3.18. The molecule has 1 aromatic heterocycles. The fraction of sp³-hybridized carbons (Fsp3) is 0.500. The minimum absolute atomic E-state index is 0.318. The van der Waals surface area contributed by atoms with Gasteiger partial charge in [0.15, 0.2) is 0 Å². The van der Waals surface area contributed by atoms with Crippen LogP contribution < -0.4 is 5.46 Å². The van der Waals surface area contributed by atoms with Crippen molar-refractivity contribution in [3.63, 3.8) is 0 Å². The molecule has 0 unspecified atom stereocenters. The highest BCUT2D eigenvalue weighted by atomic mass is 16.7. The monoisotopic (exact) mass is 310 g/mol. The summed E-state index contributed by atoms with van der Waals surface area (Å²) in [6.45, 7) is 8.31. The highest BCUT2D eigenvalue weighted by Crippen LogP contribution is 2.39. The van der Waals surface area contributed by atoms with Crippen LogP contribution in [0.1, 0.15) is 52.1 Å². The highest BCUT2D eigenvalue weighted by Gasteiger charge is 2.51. The Morgan fingerprint density at radius 3 is 2.48 bits per heavy atom. The predicted molar refractivity (Wildman–Crippen MR) is 91.3 cm³/mol. The lowest BCUT2D eigenvalue weighted by Gasteiger charge is -2.32. The average molecular weight is 310 g/mol. The smallest absolute Gasteiger partial charge is 0.399 e. The quantitative estimate of drug-likeness (QED) is 0.818. The van der Waals surface area contributed by atoms with Gasteiger partial charge in [-0.2, -0.15) is 0 Å². The second kappa shape index (κ2) is 4.95. The molecule has 0 atom stereocenters. The Morgan fingerprint density at radius 2 is 1.83 bits per heavy atom. The molecule has 4 rings (SSSR count). The van der Waals surface area contributed by atoms with Crippen LogP contribution in [-0.4, -0.2) is 27.9 Å². The summed E-state index contributed by atoms with van der Waals surface area (Å²) in [6, 6.07) is 8.32. The summed E-state index contributed by atoms with van der Waals surface area (Å²) >= 11 is 0. The van der Waals surface area contributed by atoms with Crippen LogP contribution >= 0.6 is 0 Å². The summed E-state index contributed by atoms with van der Waals surface area (Å²) in [7, 11) is -0.327. The summed E-state index contributed by atoms with van der Waals surface area (Å²) < 4.78 is 14.4. The number of nitrogens with zero attached hydrogens (tertiary/aromatic N) is 2. The second-order valence-electron chi connectivity index (χ2n) is 7.66. The number of rotatable bonds is 3. The lowest BCUT2D eigenvalue weighted by atomic mass is 9.79. The van der Waals surface area contributed by atoms with Gasteiger partial charge in [-0.25, -0.2) is 4.98 Å². The number of hydrogen-bond donors (Lipinski definition) is 0. The Kier molecular flexibility index (Phi) is 3.22. The topological polar surface area (TPSA) is 36.3 Å². The molecular formula is C18H23BN2O2. The molecule has 0 amide bonds. The largest absolute Gasteiger partial charge is 0.494 e. The van der Waals surface area contributed by atoms with Gasteiger partial charge in [0.2, 0.25) is 0 Å². The van der Waals surface area contributed by atoms with Crippen molar-refractivity contribution in [1.29, 1.82) is 0 Å². The zero-order valence-electron chi connectivity index (χ0n) is 14.2. The third kappa shape index (κ3) is 2.62. The van der Waals surface area contributed by atoms with Gasteiger partial charge in [0.05, 0.1) is 23.2 Å². The molecule has 2 aromatic rings. The van der Waals surface area contributed by atoms with E-state index in [4.69, 9.17) is 9.31 Å². The SMILES string of the molecule is CC1(C)OB(c2cccc(-n3cnc(C4CC4)c3)c2)OC1(C)C. The predicted octanol–water partition coefficient (Wildman–Crippen LogP) is 3.05. The maximum Gasteiger partial charge on any atom is 0.494 e. The first-order valence-electron chi connectivity index (χ1n) is 8.36. The lowest BCUT2D eigenvalue weighted by Crippen LogP contribution is -2.41. The molecule has 1 saturated heterocycles. The van der Waals surface area contributed by atoms with E-state index in [1.165, 1.54) is 18.5 Å². The van der Waals surface area contributed by atoms with Gasteiger partial charge in [0.25, 0.3) is 0 Å². The van der Waals surface area contributed by atoms with Gasteiger partial charge in [0, 0.05) is 17.8 Å². The first-order valence-corrected chi connectivity index (χ1v) is 8.36. The number of aromatic nitrogens is 2. The second-order valence-corrected chi connectivity index (χ2v) is 7.66. The van der Waals surface area contributed by atoms with Crippen LogP contribution in [0.25, 0.3) is 5.69 Å². The van der Waals surface area contributed by atoms with Crippen molar-refractivity contribution < 1.29 is 9.31 Å².